The Bertz CT molecular complexity index is 503. The van der Waals surface area contributed by atoms with Crippen molar-refractivity contribution < 1.29 is 24.2 Å². The number of carboxylic acid groups (broad SMARTS) is 1. The molecule has 0 aliphatic carbocycles. The lowest BCUT2D eigenvalue weighted by Gasteiger charge is -2.28. The molecule has 1 heterocycles. The number of allylic oxidation sites excluding steroid dienone is 1. The van der Waals surface area contributed by atoms with Crippen molar-refractivity contribution in [3.8, 4) is 0 Å². The summed E-state index contributed by atoms with van der Waals surface area (Å²) in [5.74, 6) is -1.43. The van der Waals surface area contributed by atoms with E-state index in [1.54, 1.807) is 34.6 Å². The van der Waals surface area contributed by atoms with Crippen LogP contribution in [0, 0.1) is 0 Å². The molecule has 2 N–H and O–H groups in total. The standard InChI is InChI=1S/C15H24N2O5/c1-10(2)8-11(18)17-7-6-15(9-17,12(19)20)16-13(21)22-14(3,4)5/h8H,6-7,9H2,1-5H3,(H,16,21)(H,19,20). The van der Waals surface area contributed by atoms with Crippen LogP contribution in [0.4, 0.5) is 4.79 Å². The summed E-state index contributed by atoms with van der Waals surface area (Å²) in [5.41, 5.74) is -1.40. The van der Waals surface area contributed by atoms with Crippen molar-refractivity contribution in [1.29, 1.82) is 0 Å². The van der Waals surface area contributed by atoms with Crippen molar-refractivity contribution in [2.75, 3.05) is 13.1 Å². The summed E-state index contributed by atoms with van der Waals surface area (Å²) in [7, 11) is 0. The number of likely N-dealkylation sites (tertiary alicyclic amines) is 1. The van der Waals surface area contributed by atoms with Gasteiger partial charge in [-0.1, -0.05) is 5.57 Å². The van der Waals surface area contributed by atoms with Crippen molar-refractivity contribution in [3.05, 3.63) is 11.6 Å². The highest BCUT2D eigenvalue weighted by Crippen LogP contribution is 2.23. The highest BCUT2D eigenvalue weighted by Gasteiger charge is 2.48. The Balaban J connectivity index is 2.83. The second-order valence-corrected chi connectivity index (χ2v) is 6.75. The molecule has 1 aliphatic rings. The summed E-state index contributed by atoms with van der Waals surface area (Å²) in [6, 6.07) is 0. The van der Waals surface area contributed by atoms with Crippen LogP contribution in [0.2, 0.25) is 0 Å². The first-order valence-corrected chi connectivity index (χ1v) is 7.13. The number of carboxylic acids is 1. The first-order chi connectivity index (χ1) is 9.95. The molecule has 7 heteroatoms. The molecule has 1 unspecified atom stereocenters. The molecule has 1 rings (SSSR count). The number of nitrogens with one attached hydrogen (secondary N) is 1. The van der Waals surface area contributed by atoms with Gasteiger partial charge in [-0.25, -0.2) is 9.59 Å². The Morgan fingerprint density at radius 1 is 1.27 bits per heavy atom. The van der Waals surface area contributed by atoms with Crippen LogP contribution < -0.4 is 5.32 Å². The fourth-order valence-corrected chi connectivity index (χ4v) is 2.17. The molecule has 0 aromatic carbocycles. The zero-order valence-electron chi connectivity index (χ0n) is 13.7. The van der Waals surface area contributed by atoms with Crippen molar-refractivity contribution in [2.24, 2.45) is 0 Å². The molecule has 0 aromatic heterocycles. The number of ether oxygens (including phenoxy) is 1. The number of hydrogen-bond donors (Lipinski definition) is 2. The fraction of sp³-hybridized carbons (Fsp3) is 0.667. The largest absolute Gasteiger partial charge is 0.479 e. The van der Waals surface area contributed by atoms with Crippen molar-refractivity contribution in [2.45, 2.75) is 52.2 Å². The number of hydrogen-bond acceptors (Lipinski definition) is 4. The van der Waals surface area contributed by atoms with Crippen LogP contribution in [0.1, 0.15) is 41.0 Å². The Labute approximate surface area is 130 Å². The number of carbonyl (C=O) groups is 3. The minimum absolute atomic E-state index is 0.0792. The summed E-state index contributed by atoms with van der Waals surface area (Å²) < 4.78 is 5.11. The van der Waals surface area contributed by atoms with Crippen LogP contribution in [0.25, 0.3) is 0 Å². The van der Waals surface area contributed by atoms with Gasteiger partial charge in [-0.15, -0.1) is 0 Å². The molecule has 0 aromatic rings. The second-order valence-electron chi connectivity index (χ2n) is 6.75. The Hall–Kier alpha value is -2.05. The second kappa shape index (κ2) is 6.37. The number of carbonyl (C=O) groups excluding carboxylic acids is 2. The predicted octanol–water partition coefficient (Wildman–Crippen LogP) is 1.53. The van der Waals surface area contributed by atoms with E-state index in [0.717, 1.165) is 5.57 Å². The third-order valence-corrected chi connectivity index (χ3v) is 3.14. The monoisotopic (exact) mass is 312 g/mol. The van der Waals surface area contributed by atoms with Crippen LogP contribution in [-0.4, -0.2) is 52.2 Å². The van der Waals surface area contributed by atoms with Crippen LogP contribution >= 0.6 is 0 Å². The lowest BCUT2D eigenvalue weighted by molar-refractivity contribution is -0.144. The molecule has 0 radical (unpaired) electrons. The van der Waals surface area contributed by atoms with Gasteiger partial charge in [0.05, 0.1) is 6.54 Å². The van der Waals surface area contributed by atoms with Crippen molar-refractivity contribution in [1.82, 2.24) is 10.2 Å². The third kappa shape index (κ3) is 4.75. The van der Waals surface area contributed by atoms with E-state index >= 15 is 0 Å². The maximum Gasteiger partial charge on any atom is 0.408 e. The van der Waals surface area contributed by atoms with Gasteiger partial charge in [0.2, 0.25) is 5.91 Å². The number of rotatable bonds is 3. The highest BCUT2D eigenvalue weighted by atomic mass is 16.6. The Morgan fingerprint density at radius 3 is 2.32 bits per heavy atom. The van der Waals surface area contributed by atoms with E-state index in [4.69, 9.17) is 4.74 Å². The highest BCUT2D eigenvalue weighted by molar-refractivity contribution is 5.91. The number of nitrogens with zero attached hydrogens (tertiary/aromatic N) is 1. The minimum atomic E-state index is -1.51. The molecule has 1 atom stereocenters. The van der Waals surface area contributed by atoms with E-state index in [9.17, 15) is 19.5 Å². The molecule has 0 bridgehead atoms. The van der Waals surface area contributed by atoms with E-state index in [2.05, 4.69) is 5.32 Å². The summed E-state index contributed by atoms with van der Waals surface area (Å²) in [4.78, 5) is 36.9. The molecule has 1 aliphatic heterocycles. The normalized spacial score (nSPS) is 21.2. The van der Waals surface area contributed by atoms with E-state index in [1.165, 1.54) is 11.0 Å². The first kappa shape index (κ1) is 18.0. The van der Waals surface area contributed by atoms with Crippen molar-refractivity contribution in [3.63, 3.8) is 0 Å². The van der Waals surface area contributed by atoms with E-state index in [1.807, 2.05) is 0 Å². The maximum absolute atomic E-state index is 12.0. The van der Waals surface area contributed by atoms with Gasteiger partial charge in [0.1, 0.15) is 5.60 Å². The van der Waals surface area contributed by atoms with Crippen LogP contribution in [0.15, 0.2) is 11.6 Å². The van der Waals surface area contributed by atoms with Crippen LogP contribution in [0.3, 0.4) is 0 Å². The minimum Gasteiger partial charge on any atom is -0.479 e. The van der Waals surface area contributed by atoms with Gasteiger partial charge in [0.15, 0.2) is 5.54 Å². The smallest absolute Gasteiger partial charge is 0.408 e. The average molecular weight is 312 g/mol. The topological polar surface area (TPSA) is 95.9 Å². The zero-order chi connectivity index (χ0) is 17.1. The van der Waals surface area contributed by atoms with Gasteiger partial charge in [-0.3, -0.25) is 4.79 Å². The summed E-state index contributed by atoms with van der Waals surface area (Å²) in [6.07, 6.45) is 0.793. The molecule has 0 saturated carbocycles. The fourth-order valence-electron chi connectivity index (χ4n) is 2.17. The predicted molar refractivity (Wildman–Crippen MR) is 80.4 cm³/mol. The van der Waals surface area contributed by atoms with Gasteiger partial charge in [0.25, 0.3) is 0 Å². The third-order valence-electron chi connectivity index (χ3n) is 3.14. The summed E-state index contributed by atoms with van der Waals surface area (Å²) in [6.45, 7) is 8.85. The van der Waals surface area contributed by atoms with Crippen LogP contribution in [0.5, 0.6) is 0 Å². The molecule has 124 valence electrons. The Kier molecular flexibility index (Phi) is 5.22. The number of amides is 2. The number of aliphatic carboxylic acids is 1. The van der Waals surface area contributed by atoms with Gasteiger partial charge < -0.3 is 20.1 Å². The lowest BCUT2D eigenvalue weighted by Crippen LogP contribution is -2.57. The van der Waals surface area contributed by atoms with E-state index in [-0.39, 0.29) is 25.4 Å². The molecule has 7 nitrogen and oxygen atoms in total. The number of alkyl carbamates (subject to hydrolysis) is 1. The molecule has 2 amide bonds. The van der Waals surface area contributed by atoms with Crippen LogP contribution in [-0.2, 0) is 14.3 Å². The maximum atomic E-state index is 12.0. The Morgan fingerprint density at radius 2 is 1.86 bits per heavy atom. The zero-order valence-corrected chi connectivity index (χ0v) is 13.7. The molecular formula is C15H24N2O5. The van der Waals surface area contributed by atoms with E-state index < -0.39 is 23.2 Å². The quantitative estimate of drug-likeness (QED) is 0.771. The van der Waals surface area contributed by atoms with Gasteiger partial charge in [0, 0.05) is 19.0 Å². The first-order valence-electron chi connectivity index (χ1n) is 7.13. The summed E-state index contributed by atoms with van der Waals surface area (Å²) >= 11 is 0. The van der Waals surface area contributed by atoms with Gasteiger partial charge >= 0.3 is 12.1 Å². The molecule has 22 heavy (non-hydrogen) atoms. The SMILES string of the molecule is CC(C)=CC(=O)N1CCC(NC(=O)OC(C)(C)C)(C(=O)O)C1. The molecule has 0 spiro atoms. The van der Waals surface area contributed by atoms with E-state index in [0.29, 0.717) is 0 Å². The lowest BCUT2D eigenvalue weighted by atomic mass is 9.99. The molecular weight excluding hydrogens is 288 g/mol. The van der Waals surface area contributed by atoms with Gasteiger partial charge in [-0.05, 0) is 34.6 Å². The van der Waals surface area contributed by atoms with Crippen molar-refractivity contribution >= 4 is 18.0 Å². The molecule has 1 fully saturated rings. The average Bonchev–Trinajstić information content (AvgIpc) is 2.70. The summed E-state index contributed by atoms with van der Waals surface area (Å²) in [5, 5.41) is 11.9. The van der Waals surface area contributed by atoms with Gasteiger partial charge in [-0.2, -0.15) is 0 Å². The molecule has 1 saturated heterocycles.